The number of pyridine rings is 1. The second-order valence-corrected chi connectivity index (χ2v) is 6.23. The topological polar surface area (TPSA) is 59.9 Å². The molecule has 28 heavy (non-hydrogen) atoms. The first kappa shape index (κ1) is 19.6. The van der Waals surface area contributed by atoms with E-state index in [-0.39, 0.29) is 5.75 Å². The summed E-state index contributed by atoms with van der Waals surface area (Å²) in [4.78, 5) is 13.3. The van der Waals surface area contributed by atoms with Crippen LogP contribution in [0, 0.1) is 13.8 Å². The van der Waals surface area contributed by atoms with Crippen molar-refractivity contribution in [3.05, 3.63) is 65.5 Å². The Labute approximate surface area is 160 Å². The predicted molar refractivity (Wildman–Crippen MR) is 100 cm³/mol. The molecule has 0 radical (unpaired) electrons. The first-order valence-corrected chi connectivity index (χ1v) is 8.61. The summed E-state index contributed by atoms with van der Waals surface area (Å²) >= 11 is 0. The fourth-order valence-corrected chi connectivity index (χ4v) is 2.51. The third-order valence-electron chi connectivity index (χ3n) is 4.04. The summed E-state index contributed by atoms with van der Waals surface area (Å²) in [7, 11) is 0. The van der Waals surface area contributed by atoms with Gasteiger partial charge in [0.1, 0.15) is 17.3 Å². The smallest absolute Gasteiger partial charge is 0.422 e. The molecule has 0 saturated heterocycles. The van der Waals surface area contributed by atoms with E-state index in [0.717, 1.165) is 16.8 Å². The number of nitrogens with zero attached hydrogens (tertiary/aromatic N) is 3. The van der Waals surface area contributed by atoms with Crippen LogP contribution in [0.4, 0.5) is 19.0 Å². The van der Waals surface area contributed by atoms with E-state index in [4.69, 9.17) is 4.74 Å². The van der Waals surface area contributed by atoms with E-state index in [9.17, 15) is 13.2 Å². The van der Waals surface area contributed by atoms with E-state index in [2.05, 4.69) is 20.3 Å². The summed E-state index contributed by atoms with van der Waals surface area (Å²) in [5.74, 6) is 1.32. The van der Waals surface area contributed by atoms with Crippen molar-refractivity contribution in [3.63, 3.8) is 0 Å². The largest absolute Gasteiger partial charge is 0.484 e. The monoisotopic (exact) mass is 388 g/mol. The van der Waals surface area contributed by atoms with E-state index < -0.39 is 12.8 Å². The zero-order chi connectivity index (χ0) is 20.1. The second kappa shape index (κ2) is 8.24. The molecule has 0 atom stereocenters. The van der Waals surface area contributed by atoms with Crippen molar-refractivity contribution in [2.24, 2.45) is 0 Å². The van der Waals surface area contributed by atoms with Crippen molar-refractivity contribution in [1.82, 2.24) is 15.0 Å². The molecule has 0 aliphatic carbocycles. The van der Waals surface area contributed by atoms with E-state index in [1.54, 1.807) is 24.4 Å². The van der Waals surface area contributed by atoms with Crippen molar-refractivity contribution in [1.29, 1.82) is 0 Å². The Morgan fingerprint density at radius 2 is 1.86 bits per heavy atom. The van der Waals surface area contributed by atoms with E-state index in [1.165, 1.54) is 6.07 Å². The van der Waals surface area contributed by atoms with E-state index in [1.807, 2.05) is 32.0 Å². The van der Waals surface area contributed by atoms with Crippen LogP contribution in [0.3, 0.4) is 0 Å². The number of nitrogens with one attached hydrogen (secondary N) is 1. The number of hydrogen-bond acceptors (Lipinski definition) is 5. The molecule has 5 nitrogen and oxygen atoms in total. The minimum Gasteiger partial charge on any atom is -0.484 e. The van der Waals surface area contributed by atoms with Gasteiger partial charge < -0.3 is 10.1 Å². The maximum absolute atomic E-state index is 12.3. The highest BCUT2D eigenvalue weighted by Gasteiger charge is 2.28. The molecule has 1 N–H and O–H groups in total. The molecule has 0 aliphatic heterocycles. The Morgan fingerprint density at radius 1 is 1.04 bits per heavy atom. The van der Waals surface area contributed by atoms with Gasteiger partial charge >= 0.3 is 6.18 Å². The molecular formula is C20H19F3N4O. The summed E-state index contributed by atoms with van der Waals surface area (Å²) in [6, 6.07) is 12.0. The molecule has 0 unspecified atom stereocenters. The molecule has 0 bridgehead atoms. The Kier molecular flexibility index (Phi) is 5.77. The van der Waals surface area contributed by atoms with E-state index >= 15 is 0 Å². The molecule has 3 rings (SSSR count). The number of halogens is 3. The Bertz CT molecular complexity index is 946. The lowest BCUT2D eigenvalue weighted by Crippen LogP contribution is -2.19. The molecule has 0 aliphatic rings. The maximum Gasteiger partial charge on any atom is 0.422 e. The van der Waals surface area contributed by atoms with Gasteiger partial charge in [-0.2, -0.15) is 13.2 Å². The molecule has 0 saturated carbocycles. The fraction of sp³-hybridized carbons (Fsp3) is 0.250. The van der Waals surface area contributed by atoms with E-state index in [0.29, 0.717) is 23.9 Å². The first-order chi connectivity index (χ1) is 13.3. The van der Waals surface area contributed by atoms with Crippen LogP contribution in [-0.2, 0) is 6.54 Å². The number of rotatable bonds is 6. The molecule has 146 valence electrons. The van der Waals surface area contributed by atoms with Crippen molar-refractivity contribution < 1.29 is 17.9 Å². The minimum atomic E-state index is -4.37. The summed E-state index contributed by atoms with van der Waals surface area (Å²) in [5, 5.41) is 3.22. The first-order valence-electron chi connectivity index (χ1n) is 8.61. The molecule has 0 amide bonds. The summed E-state index contributed by atoms with van der Waals surface area (Å²) in [5.41, 5.74) is 3.15. The zero-order valence-corrected chi connectivity index (χ0v) is 15.4. The molecule has 2 aromatic heterocycles. The van der Waals surface area contributed by atoms with Gasteiger partial charge in [-0.3, -0.25) is 4.98 Å². The van der Waals surface area contributed by atoms with Crippen LogP contribution in [0.1, 0.15) is 16.8 Å². The second-order valence-electron chi connectivity index (χ2n) is 6.23. The third kappa shape index (κ3) is 5.18. The molecule has 3 aromatic rings. The van der Waals surface area contributed by atoms with Crippen molar-refractivity contribution in [3.8, 4) is 17.3 Å². The minimum absolute atomic E-state index is 0.168. The lowest BCUT2D eigenvalue weighted by Gasteiger charge is -2.13. The molecule has 0 fully saturated rings. The van der Waals surface area contributed by atoms with Gasteiger partial charge in [0.15, 0.2) is 12.4 Å². The fourth-order valence-electron chi connectivity index (χ4n) is 2.51. The standard InChI is InChI=1S/C20H19F3N4O/c1-13-14(2)26-19(17-8-3-4-9-24-17)27-18(13)25-11-15-6-5-7-16(10-15)28-12-20(21,22)23/h3-10H,11-12H2,1-2H3,(H,25,26,27). The van der Waals surface area contributed by atoms with Gasteiger partial charge in [0.05, 0.1) is 0 Å². The lowest BCUT2D eigenvalue weighted by molar-refractivity contribution is -0.153. The highest BCUT2D eigenvalue weighted by molar-refractivity contribution is 5.56. The van der Waals surface area contributed by atoms with Gasteiger partial charge in [0, 0.05) is 24.0 Å². The number of ether oxygens (including phenoxy) is 1. The molecule has 1 aromatic carbocycles. The third-order valence-corrected chi connectivity index (χ3v) is 4.04. The summed E-state index contributed by atoms with van der Waals surface area (Å²) in [6.07, 6.45) is -2.70. The highest BCUT2D eigenvalue weighted by atomic mass is 19.4. The Balaban J connectivity index is 1.75. The van der Waals surface area contributed by atoms with Crippen LogP contribution >= 0.6 is 0 Å². The molecule has 2 heterocycles. The number of alkyl halides is 3. The number of aryl methyl sites for hydroxylation is 1. The van der Waals surface area contributed by atoms with Crippen LogP contribution < -0.4 is 10.1 Å². The van der Waals surface area contributed by atoms with Gasteiger partial charge in [-0.05, 0) is 43.7 Å². The van der Waals surface area contributed by atoms with Crippen LogP contribution in [0.2, 0.25) is 0 Å². The molecule has 8 heteroatoms. The SMILES string of the molecule is Cc1nc(-c2ccccn2)nc(NCc2cccc(OCC(F)(F)F)c2)c1C. The summed E-state index contributed by atoms with van der Waals surface area (Å²) < 4.78 is 41.7. The van der Waals surface area contributed by atoms with Gasteiger partial charge in [0.25, 0.3) is 0 Å². The summed E-state index contributed by atoms with van der Waals surface area (Å²) in [6.45, 7) is 2.85. The molecule has 0 spiro atoms. The van der Waals surface area contributed by atoms with Gasteiger partial charge in [-0.1, -0.05) is 18.2 Å². The lowest BCUT2D eigenvalue weighted by atomic mass is 10.2. The van der Waals surface area contributed by atoms with Gasteiger partial charge in [-0.15, -0.1) is 0 Å². The average Bonchev–Trinajstić information content (AvgIpc) is 2.68. The van der Waals surface area contributed by atoms with Crippen molar-refractivity contribution >= 4 is 5.82 Å². The van der Waals surface area contributed by atoms with Crippen molar-refractivity contribution in [2.45, 2.75) is 26.6 Å². The van der Waals surface area contributed by atoms with Crippen LogP contribution in [-0.4, -0.2) is 27.7 Å². The normalized spacial score (nSPS) is 11.3. The van der Waals surface area contributed by atoms with Crippen molar-refractivity contribution in [2.75, 3.05) is 11.9 Å². The Morgan fingerprint density at radius 3 is 2.57 bits per heavy atom. The maximum atomic E-state index is 12.3. The quantitative estimate of drug-likeness (QED) is 0.663. The van der Waals surface area contributed by atoms with Gasteiger partial charge in [-0.25, -0.2) is 9.97 Å². The highest BCUT2D eigenvalue weighted by Crippen LogP contribution is 2.22. The van der Waals surface area contributed by atoms with Crippen LogP contribution in [0.25, 0.3) is 11.5 Å². The Hall–Kier alpha value is -3.16. The number of benzene rings is 1. The average molecular weight is 388 g/mol. The van der Waals surface area contributed by atoms with Crippen LogP contribution in [0.15, 0.2) is 48.7 Å². The number of hydrogen-bond donors (Lipinski definition) is 1. The number of aromatic nitrogens is 3. The van der Waals surface area contributed by atoms with Crippen LogP contribution in [0.5, 0.6) is 5.75 Å². The number of anilines is 1. The van der Waals surface area contributed by atoms with Gasteiger partial charge in [0.2, 0.25) is 0 Å². The zero-order valence-electron chi connectivity index (χ0n) is 15.4. The molecular weight excluding hydrogens is 369 g/mol. The predicted octanol–water partition coefficient (Wildman–Crippen LogP) is 4.71.